The molecule has 0 bridgehead atoms. The number of ether oxygens (including phenoxy) is 2. The third-order valence-electron chi connectivity index (χ3n) is 4.34. The Kier molecular flexibility index (Phi) is 6.23. The van der Waals surface area contributed by atoms with Gasteiger partial charge < -0.3 is 9.47 Å². The molecule has 1 heterocycles. The number of rotatable bonds is 6. The topological polar surface area (TPSA) is 72.9 Å². The summed E-state index contributed by atoms with van der Waals surface area (Å²) in [6, 6.07) is 4.94. The third kappa shape index (κ3) is 3.89. The number of piperidine rings is 1. The van der Waals surface area contributed by atoms with Crippen LogP contribution in [0.3, 0.4) is 0 Å². The van der Waals surface area contributed by atoms with E-state index in [1.807, 2.05) is 6.92 Å². The first-order chi connectivity index (χ1) is 11.4. The van der Waals surface area contributed by atoms with E-state index in [2.05, 4.69) is 0 Å². The molecule has 24 heavy (non-hydrogen) atoms. The fourth-order valence-corrected chi connectivity index (χ4v) is 4.45. The zero-order valence-corrected chi connectivity index (χ0v) is 15.3. The van der Waals surface area contributed by atoms with Gasteiger partial charge in [-0.05, 0) is 49.9 Å². The number of carbonyl (C=O) groups is 1. The molecular formula is C17H25NO5S. The highest BCUT2D eigenvalue weighted by Crippen LogP contribution is 2.28. The van der Waals surface area contributed by atoms with Crippen LogP contribution in [0.1, 0.15) is 32.3 Å². The lowest BCUT2D eigenvalue weighted by Crippen LogP contribution is -2.40. The lowest BCUT2D eigenvalue weighted by atomic mass is 9.98. The molecule has 1 aromatic carbocycles. The smallest absolute Gasteiger partial charge is 0.309 e. The highest BCUT2D eigenvalue weighted by molar-refractivity contribution is 7.89. The minimum absolute atomic E-state index is 0.210. The van der Waals surface area contributed by atoms with Crippen LogP contribution in [0, 0.1) is 5.92 Å². The molecule has 0 spiro atoms. The van der Waals surface area contributed by atoms with E-state index in [9.17, 15) is 13.2 Å². The van der Waals surface area contributed by atoms with Crippen molar-refractivity contribution >= 4 is 16.0 Å². The van der Waals surface area contributed by atoms with Crippen molar-refractivity contribution in [1.82, 2.24) is 4.31 Å². The number of hydrogen-bond donors (Lipinski definition) is 0. The summed E-state index contributed by atoms with van der Waals surface area (Å²) in [5.74, 6) is 0.253. The second-order valence-corrected chi connectivity index (χ2v) is 7.70. The number of hydrogen-bond acceptors (Lipinski definition) is 5. The van der Waals surface area contributed by atoms with Crippen molar-refractivity contribution in [2.75, 3.05) is 26.8 Å². The fourth-order valence-electron chi connectivity index (χ4n) is 2.93. The summed E-state index contributed by atoms with van der Waals surface area (Å²) >= 11 is 0. The number of sulfonamides is 1. The third-order valence-corrected chi connectivity index (χ3v) is 6.24. The Balaban J connectivity index is 2.13. The monoisotopic (exact) mass is 355 g/mol. The van der Waals surface area contributed by atoms with E-state index in [1.165, 1.54) is 4.31 Å². The van der Waals surface area contributed by atoms with Gasteiger partial charge in [-0.3, -0.25) is 4.79 Å². The molecule has 0 atom stereocenters. The van der Waals surface area contributed by atoms with Crippen molar-refractivity contribution < 1.29 is 22.7 Å². The molecule has 6 nitrogen and oxygen atoms in total. The maximum absolute atomic E-state index is 12.8. The van der Waals surface area contributed by atoms with Gasteiger partial charge in [0.25, 0.3) is 0 Å². The molecule has 7 heteroatoms. The van der Waals surface area contributed by atoms with Gasteiger partial charge in [0.05, 0.1) is 24.5 Å². The maximum atomic E-state index is 12.8. The summed E-state index contributed by atoms with van der Waals surface area (Å²) in [6.45, 7) is 4.74. The Labute approximate surface area is 143 Å². The second kappa shape index (κ2) is 7.98. The van der Waals surface area contributed by atoms with Crippen LogP contribution >= 0.6 is 0 Å². The van der Waals surface area contributed by atoms with Crippen LogP contribution in [0.15, 0.2) is 23.1 Å². The van der Waals surface area contributed by atoms with Crippen molar-refractivity contribution in [3.63, 3.8) is 0 Å². The predicted octanol–water partition coefficient (Wildman–Crippen LogP) is 2.22. The van der Waals surface area contributed by atoms with Crippen molar-refractivity contribution in [1.29, 1.82) is 0 Å². The van der Waals surface area contributed by atoms with Gasteiger partial charge in [0.2, 0.25) is 10.0 Å². The summed E-state index contributed by atoms with van der Waals surface area (Å²) in [7, 11) is -1.98. The van der Waals surface area contributed by atoms with Gasteiger partial charge in [-0.15, -0.1) is 0 Å². The number of nitrogens with zero attached hydrogens (tertiary/aromatic N) is 1. The Morgan fingerprint density at radius 2 is 1.92 bits per heavy atom. The molecule has 0 unspecified atom stereocenters. The first-order valence-corrected chi connectivity index (χ1v) is 9.71. The van der Waals surface area contributed by atoms with Gasteiger partial charge in [-0.1, -0.05) is 6.92 Å². The molecule has 1 fully saturated rings. The molecule has 2 rings (SSSR count). The summed E-state index contributed by atoms with van der Waals surface area (Å²) < 4.78 is 37.4. The van der Waals surface area contributed by atoms with Crippen molar-refractivity contribution in [2.45, 2.75) is 38.0 Å². The molecule has 0 radical (unpaired) electrons. The molecule has 0 aliphatic carbocycles. The van der Waals surface area contributed by atoms with Crippen LogP contribution in [0.2, 0.25) is 0 Å². The molecule has 1 aromatic rings. The van der Waals surface area contributed by atoms with Crippen molar-refractivity contribution in [2.24, 2.45) is 5.92 Å². The Bertz CT molecular complexity index is 678. The fraction of sp³-hybridized carbons (Fsp3) is 0.588. The molecule has 0 aromatic heterocycles. The van der Waals surface area contributed by atoms with E-state index < -0.39 is 10.0 Å². The van der Waals surface area contributed by atoms with Gasteiger partial charge in [0, 0.05) is 13.1 Å². The zero-order valence-electron chi connectivity index (χ0n) is 14.4. The van der Waals surface area contributed by atoms with Gasteiger partial charge in [0.15, 0.2) is 0 Å². The molecule has 0 amide bonds. The first-order valence-electron chi connectivity index (χ1n) is 8.27. The first kappa shape index (κ1) is 18.7. The largest absolute Gasteiger partial charge is 0.496 e. The highest BCUT2D eigenvalue weighted by atomic mass is 32.2. The normalized spacial score (nSPS) is 16.8. The van der Waals surface area contributed by atoms with Gasteiger partial charge in [-0.2, -0.15) is 4.31 Å². The van der Waals surface area contributed by atoms with E-state index >= 15 is 0 Å². The number of esters is 1. The molecular weight excluding hydrogens is 330 g/mol. The van der Waals surface area contributed by atoms with Gasteiger partial charge >= 0.3 is 5.97 Å². The van der Waals surface area contributed by atoms with Gasteiger partial charge in [0.1, 0.15) is 5.75 Å². The van der Waals surface area contributed by atoms with Crippen LogP contribution in [0.5, 0.6) is 5.75 Å². The quantitative estimate of drug-likeness (QED) is 0.732. The number of methoxy groups -OCH3 is 1. The minimum atomic E-state index is -3.56. The molecule has 1 aliphatic heterocycles. The van der Waals surface area contributed by atoms with Crippen molar-refractivity contribution in [3.05, 3.63) is 23.8 Å². The van der Waals surface area contributed by atoms with Crippen LogP contribution in [0.4, 0.5) is 0 Å². The molecule has 0 saturated carbocycles. The lowest BCUT2D eigenvalue weighted by Gasteiger charge is -2.30. The highest BCUT2D eigenvalue weighted by Gasteiger charge is 2.32. The summed E-state index contributed by atoms with van der Waals surface area (Å²) in [5, 5.41) is 0. The minimum Gasteiger partial charge on any atom is -0.496 e. The summed E-state index contributed by atoms with van der Waals surface area (Å²) in [5.41, 5.74) is 0.861. The average molecular weight is 355 g/mol. The van der Waals surface area contributed by atoms with E-state index in [0.717, 1.165) is 5.56 Å². The van der Waals surface area contributed by atoms with Crippen molar-refractivity contribution in [3.8, 4) is 5.75 Å². The number of aryl methyl sites for hydroxylation is 1. The van der Waals surface area contributed by atoms with Crippen LogP contribution in [-0.4, -0.2) is 45.5 Å². The Morgan fingerprint density at radius 3 is 2.46 bits per heavy atom. The lowest BCUT2D eigenvalue weighted by molar-refractivity contribution is -0.149. The Morgan fingerprint density at radius 1 is 1.25 bits per heavy atom. The van der Waals surface area contributed by atoms with Crippen LogP contribution in [-0.2, 0) is 26.0 Å². The molecule has 134 valence electrons. The molecule has 0 N–H and O–H groups in total. The SMILES string of the molecule is CCOC(=O)C1CCN(S(=O)(=O)c2ccc(OC)c(CC)c2)CC1. The van der Waals surface area contributed by atoms with E-state index in [4.69, 9.17) is 9.47 Å². The standard InChI is InChI=1S/C17H25NO5S/c1-4-13-12-15(6-7-16(13)22-3)24(20,21)18-10-8-14(9-11-18)17(19)23-5-2/h6-7,12,14H,4-5,8-11H2,1-3H3. The van der Waals surface area contributed by atoms with E-state index in [0.29, 0.717) is 44.7 Å². The van der Waals surface area contributed by atoms with E-state index in [-0.39, 0.29) is 16.8 Å². The molecule has 1 aliphatic rings. The maximum Gasteiger partial charge on any atom is 0.309 e. The second-order valence-electron chi connectivity index (χ2n) is 5.76. The average Bonchev–Trinajstić information content (AvgIpc) is 2.61. The zero-order chi connectivity index (χ0) is 17.7. The Hall–Kier alpha value is -1.60. The number of benzene rings is 1. The van der Waals surface area contributed by atoms with E-state index in [1.54, 1.807) is 32.2 Å². The predicted molar refractivity (Wildman–Crippen MR) is 90.5 cm³/mol. The summed E-state index contributed by atoms with van der Waals surface area (Å²) in [6.07, 6.45) is 1.68. The number of carbonyl (C=O) groups excluding carboxylic acids is 1. The summed E-state index contributed by atoms with van der Waals surface area (Å²) in [4.78, 5) is 12.0. The molecule has 1 saturated heterocycles. The van der Waals surface area contributed by atoms with Crippen LogP contribution in [0.25, 0.3) is 0 Å². The van der Waals surface area contributed by atoms with Gasteiger partial charge in [-0.25, -0.2) is 8.42 Å². The van der Waals surface area contributed by atoms with Crippen LogP contribution < -0.4 is 4.74 Å².